The van der Waals surface area contributed by atoms with Crippen molar-refractivity contribution < 1.29 is 103 Å². The van der Waals surface area contributed by atoms with Crippen molar-refractivity contribution in [2.24, 2.45) is 29.6 Å². The van der Waals surface area contributed by atoms with Crippen molar-refractivity contribution in [1.82, 2.24) is 0 Å². The van der Waals surface area contributed by atoms with Gasteiger partial charge in [-0.1, -0.05) is 46.6 Å². The zero-order valence-electron chi connectivity index (χ0n) is 25.8. The van der Waals surface area contributed by atoms with Crippen LogP contribution in [0.3, 0.4) is 0 Å². The van der Waals surface area contributed by atoms with E-state index in [1.54, 1.807) is 0 Å². The summed E-state index contributed by atoms with van der Waals surface area (Å²) in [7, 11) is 0. The van der Waals surface area contributed by atoms with Crippen molar-refractivity contribution in [2.75, 3.05) is 0 Å². The van der Waals surface area contributed by atoms with Crippen LogP contribution in [0.15, 0.2) is 52.1 Å². The van der Waals surface area contributed by atoms with Crippen LogP contribution in [0.2, 0.25) is 0 Å². The summed E-state index contributed by atoms with van der Waals surface area (Å²) in [5.41, 5.74) is 7.55. The SMILES string of the molecule is C/C=c1/[c+]ccc1.CC1=C(C)C(C)=C(C)C1=CC1CCCC1.CC1CC(C)C(C)C1C.[CH3-].[CH3-].[K+].[K+]. The van der Waals surface area contributed by atoms with Crippen LogP contribution < -0.4 is 108 Å². The standard InChI is InChI=1S/C15H22.C9H18.C7H7.2CH3.2K/c1-10-11(2)13(4)15(12(10)3)9-14-7-5-6-8-14;1-6-5-7(2)9(4)8(6)3;1-2-7-5-3-4-6-7;;;;/h9,14H,5-8H2,1-4H3;6-9H,5H2,1-4H3;2-5H,1H3;2*1H3;;/q;;+1;2*-1;2*+1/b;;7-2+;;;;. The molecule has 1 aromatic carbocycles. The number of hydrogen-bond donors (Lipinski definition) is 0. The van der Waals surface area contributed by atoms with Crippen LogP contribution in [0.1, 0.15) is 94.4 Å². The summed E-state index contributed by atoms with van der Waals surface area (Å²) in [4.78, 5) is 0. The summed E-state index contributed by atoms with van der Waals surface area (Å²) in [6.07, 6.45) is 11.7. The maximum absolute atomic E-state index is 3.03. The van der Waals surface area contributed by atoms with Gasteiger partial charge in [0.2, 0.25) is 0 Å². The van der Waals surface area contributed by atoms with E-state index in [4.69, 9.17) is 0 Å². The smallest absolute Gasteiger partial charge is 0.358 e. The molecule has 2 heteroatoms. The third-order valence-electron chi connectivity index (χ3n) is 8.60. The molecule has 4 unspecified atom stereocenters. The van der Waals surface area contributed by atoms with Gasteiger partial charge in [-0.15, -0.1) is 0 Å². The fraction of sp³-hybridized carbons (Fsp3) is 0.576. The Balaban J connectivity index is -0.000000447. The van der Waals surface area contributed by atoms with Gasteiger partial charge in [0.1, 0.15) is 0 Å². The first-order valence-corrected chi connectivity index (χ1v) is 12.7. The molecule has 0 bridgehead atoms. The average Bonchev–Trinajstić information content (AvgIpc) is 3.54. The molecule has 3 aliphatic rings. The molecule has 0 saturated heterocycles. The van der Waals surface area contributed by atoms with Crippen LogP contribution >= 0.6 is 0 Å². The molecule has 0 spiro atoms. The zero-order valence-corrected chi connectivity index (χ0v) is 32.1. The van der Waals surface area contributed by atoms with Crippen molar-refractivity contribution in [3.05, 3.63) is 78.3 Å². The summed E-state index contributed by atoms with van der Waals surface area (Å²) in [6.45, 7) is 20.6. The van der Waals surface area contributed by atoms with Gasteiger partial charge in [-0.3, -0.25) is 0 Å². The van der Waals surface area contributed by atoms with E-state index in [2.05, 4.69) is 67.5 Å². The number of rotatable bonds is 1. The first-order valence-electron chi connectivity index (χ1n) is 12.7. The Labute approximate surface area is 306 Å². The van der Waals surface area contributed by atoms with Crippen LogP contribution in [0.4, 0.5) is 0 Å². The van der Waals surface area contributed by atoms with Crippen LogP contribution in [-0.4, -0.2) is 0 Å². The largest absolute Gasteiger partial charge is 1.00 e. The van der Waals surface area contributed by atoms with Gasteiger partial charge in [0, 0.05) is 12.1 Å². The van der Waals surface area contributed by atoms with Gasteiger partial charge in [-0.05, 0) is 111 Å². The van der Waals surface area contributed by atoms with Gasteiger partial charge in [-0.2, -0.15) is 0 Å². The van der Waals surface area contributed by atoms with E-state index in [1.165, 1.54) is 65.2 Å². The normalized spacial score (nSPS) is 25.7. The van der Waals surface area contributed by atoms with Crippen LogP contribution in [0.5, 0.6) is 0 Å². The summed E-state index contributed by atoms with van der Waals surface area (Å²) in [5, 5.41) is 1.18. The molecule has 35 heavy (non-hydrogen) atoms. The van der Waals surface area contributed by atoms with Crippen molar-refractivity contribution in [3.63, 3.8) is 0 Å². The van der Waals surface area contributed by atoms with Gasteiger partial charge >= 0.3 is 103 Å². The van der Waals surface area contributed by atoms with Crippen LogP contribution in [0.25, 0.3) is 6.08 Å². The molecule has 0 heterocycles. The minimum atomic E-state index is 0. The second kappa shape index (κ2) is 20.5. The van der Waals surface area contributed by atoms with E-state index in [9.17, 15) is 0 Å². The monoisotopic (exact) mass is 527 g/mol. The molecule has 186 valence electrons. The summed E-state index contributed by atoms with van der Waals surface area (Å²) in [6, 6.07) is 8.95. The molecule has 3 aliphatic carbocycles. The summed E-state index contributed by atoms with van der Waals surface area (Å²) in [5.74, 6) is 4.70. The Morgan fingerprint density at radius 1 is 0.771 bits per heavy atom. The maximum Gasteiger partial charge on any atom is 1.00 e. The van der Waals surface area contributed by atoms with Gasteiger partial charge in [-0.25, -0.2) is 0 Å². The minimum Gasteiger partial charge on any atom is -0.358 e. The summed E-state index contributed by atoms with van der Waals surface area (Å²) >= 11 is 0. The average molecular weight is 528 g/mol. The van der Waals surface area contributed by atoms with Crippen molar-refractivity contribution in [3.8, 4) is 0 Å². The zero-order chi connectivity index (χ0) is 23.1. The molecular formula is C33H53K2+. The van der Waals surface area contributed by atoms with E-state index in [-0.39, 0.29) is 118 Å². The quantitative estimate of drug-likeness (QED) is 0.386. The number of hydrogen-bond acceptors (Lipinski definition) is 0. The third-order valence-corrected chi connectivity index (χ3v) is 8.60. The van der Waals surface area contributed by atoms with Crippen molar-refractivity contribution >= 4 is 6.08 Å². The van der Waals surface area contributed by atoms with E-state index >= 15 is 0 Å². The first kappa shape index (κ1) is 41.1. The molecule has 2 saturated carbocycles. The van der Waals surface area contributed by atoms with E-state index in [1.807, 2.05) is 31.2 Å². The van der Waals surface area contributed by atoms with E-state index in [0.717, 1.165) is 29.6 Å². The Hall–Kier alpha value is 1.62. The predicted octanol–water partition coefficient (Wildman–Crippen LogP) is 3.64. The second-order valence-electron chi connectivity index (χ2n) is 10.4. The van der Waals surface area contributed by atoms with Gasteiger partial charge in [0.05, 0.1) is 18.2 Å². The summed E-state index contributed by atoms with van der Waals surface area (Å²) < 4.78 is 0. The molecule has 0 amide bonds. The third kappa shape index (κ3) is 12.1. The Morgan fingerprint density at radius 2 is 1.23 bits per heavy atom. The van der Waals surface area contributed by atoms with Gasteiger partial charge < -0.3 is 14.9 Å². The molecule has 4 rings (SSSR count). The molecule has 0 radical (unpaired) electrons. The van der Waals surface area contributed by atoms with E-state index < -0.39 is 0 Å². The Morgan fingerprint density at radius 3 is 1.51 bits per heavy atom. The van der Waals surface area contributed by atoms with Crippen LogP contribution in [-0.2, 0) is 0 Å². The first-order chi connectivity index (χ1) is 14.7. The molecule has 0 aromatic heterocycles. The predicted molar refractivity (Wildman–Crippen MR) is 152 cm³/mol. The van der Waals surface area contributed by atoms with Crippen molar-refractivity contribution in [1.29, 1.82) is 0 Å². The molecule has 0 N–H and O–H groups in total. The van der Waals surface area contributed by atoms with Gasteiger partial charge in [0.15, 0.2) is 5.22 Å². The minimum absolute atomic E-state index is 0. The molecule has 1 aromatic rings. The van der Waals surface area contributed by atoms with E-state index in [0.29, 0.717) is 0 Å². The Bertz CT molecular complexity index is 797. The molecule has 4 atom stereocenters. The fourth-order valence-corrected chi connectivity index (χ4v) is 5.43. The second-order valence-corrected chi connectivity index (χ2v) is 10.4. The maximum atomic E-state index is 3.03. The molecule has 0 nitrogen and oxygen atoms in total. The van der Waals surface area contributed by atoms with Crippen LogP contribution in [0, 0.1) is 50.5 Å². The topological polar surface area (TPSA) is 0 Å². The Kier molecular flexibility index (Phi) is 24.1. The fourth-order valence-electron chi connectivity index (χ4n) is 5.43. The molecule has 0 aliphatic heterocycles. The molecule has 2 fully saturated rings. The van der Waals surface area contributed by atoms with Gasteiger partial charge in [0.25, 0.3) is 0 Å². The van der Waals surface area contributed by atoms with Crippen molar-refractivity contribution in [2.45, 2.75) is 94.4 Å². The number of allylic oxidation sites excluding steroid dienone is 6. The molecular weight excluding hydrogens is 475 g/mol.